The van der Waals surface area contributed by atoms with Crippen LogP contribution in [-0.4, -0.2) is 36.1 Å². The Morgan fingerprint density at radius 3 is 2.40 bits per heavy atom. The van der Waals surface area contributed by atoms with Crippen LogP contribution in [0.1, 0.15) is 17.0 Å². The predicted octanol–water partition coefficient (Wildman–Crippen LogP) is 3.05. The Labute approximate surface area is 148 Å². The van der Waals surface area contributed by atoms with Crippen LogP contribution in [0.3, 0.4) is 0 Å². The monoisotopic (exact) mass is 357 g/mol. The zero-order chi connectivity index (χ0) is 18.2. The summed E-state index contributed by atoms with van der Waals surface area (Å²) in [6.45, 7) is 4.38. The molecule has 0 radical (unpaired) electrons. The minimum atomic E-state index is -3.51. The second kappa shape index (κ2) is 6.61. The molecule has 0 bridgehead atoms. The van der Waals surface area contributed by atoms with Gasteiger partial charge in [-0.05, 0) is 48.7 Å². The third kappa shape index (κ3) is 3.32. The van der Waals surface area contributed by atoms with Crippen LogP contribution in [0.5, 0.6) is 0 Å². The molecule has 5 nitrogen and oxygen atoms in total. The number of hydrogen-bond donors (Lipinski definition) is 0. The SMILES string of the molecule is Cc1nn(C)c(C)c1CCN(C)S(=O)(=O)c1ccc2ccccc2c1. The average Bonchev–Trinajstić information content (AvgIpc) is 2.84. The number of aromatic nitrogens is 2. The van der Waals surface area contributed by atoms with Gasteiger partial charge in [0.25, 0.3) is 0 Å². The lowest BCUT2D eigenvalue weighted by Gasteiger charge is -2.17. The topological polar surface area (TPSA) is 55.2 Å². The highest BCUT2D eigenvalue weighted by atomic mass is 32.2. The molecule has 3 aromatic rings. The summed E-state index contributed by atoms with van der Waals surface area (Å²) in [6.07, 6.45) is 0.648. The smallest absolute Gasteiger partial charge is 0.242 e. The Kier molecular flexibility index (Phi) is 4.67. The van der Waals surface area contributed by atoms with Gasteiger partial charge < -0.3 is 0 Å². The lowest BCUT2D eigenvalue weighted by molar-refractivity contribution is 0.472. The second-order valence-corrected chi connectivity index (χ2v) is 8.40. The van der Waals surface area contributed by atoms with Gasteiger partial charge in [0, 0.05) is 26.3 Å². The van der Waals surface area contributed by atoms with Crippen molar-refractivity contribution in [3.8, 4) is 0 Å². The zero-order valence-corrected chi connectivity index (χ0v) is 15.8. The molecule has 0 aliphatic carbocycles. The van der Waals surface area contributed by atoms with Gasteiger partial charge in [-0.25, -0.2) is 12.7 Å². The first kappa shape index (κ1) is 17.6. The fraction of sp³-hybridized carbons (Fsp3) is 0.316. The van der Waals surface area contributed by atoms with E-state index in [1.54, 1.807) is 19.2 Å². The van der Waals surface area contributed by atoms with E-state index in [1.807, 2.05) is 55.9 Å². The van der Waals surface area contributed by atoms with E-state index in [4.69, 9.17) is 0 Å². The van der Waals surface area contributed by atoms with Crippen molar-refractivity contribution in [3.63, 3.8) is 0 Å². The molecule has 0 fully saturated rings. The number of hydrogen-bond acceptors (Lipinski definition) is 3. The average molecular weight is 357 g/mol. The lowest BCUT2D eigenvalue weighted by atomic mass is 10.1. The fourth-order valence-corrected chi connectivity index (χ4v) is 4.28. The molecule has 0 saturated heterocycles. The summed E-state index contributed by atoms with van der Waals surface area (Å²) >= 11 is 0. The summed E-state index contributed by atoms with van der Waals surface area (Å²) in [7, 11) is 0.0213. The molecule has 0 aliphatic heterocycles. The molecule has 6 heteroatoms. The van der Waals surface area contributed by atoms with Gasteiger partial charge in [-0.3, -0.25) is 4.68 Å². The van der Waals surface area contributed by atoms with E-state index in [2.05, 4.69) is 5.10 Å². The van der Waals surface area contributed by atoms with Gasteiger partial charge in [-0.2, -0.15) is 5.10 Å². The van der Waals surface area contributed by atoms with E-state index < -0.39 is 10.0 Å². The van der Waals surface area contributed by atoms with Crippen LogP contribution in [0.2, 0.25) is 0 Å². The van der Waals surface area contributed by atoms with Gasteiger partial charge in [0.05, 0.1) is 10.6 Å². The number of nitrogens with zero attached hydrogens (tertiary/aromatic N) is 3. The largest absolute Gasteiger partial charge is 0.272 e. The highest BCUT2D eigenvalue weighted by Gasteiger charge is 2.21. The third-order valence-corrected chi connectivity index (χ3v) is 6.62. The maximum Gasteiger partial charge on any atom is 0.242 e. The summed E-state index contributed by atoms with van der Waals surface area (Å²) in [5.74, 6) is 0. The van der Waals surface area contributed by atoms with E-state index in [0.29, 0.717) is 17.9 Å². The molecule has 0 spiro atoms. The van der Waals surface area contributed by atoms with Gasteiger partial charge in [0.2, 0.25) is 10.0 Å². The molecule has 132 valence electrons. The standard InChI is InChI=1S/C19H23N3O2S/c1-14-19(15(2)22(4)20-14)11-12-21(3)25(23,24)18-10-9-16-7-5-6-8-17(16)13-18/h5-10,13H,11-12H2,1-4H3. The summed E-state index contributed by atoms with van der Waals surface area (Å²) in [5, 5.41) is 6.35. The fourth-order valence-electron chi connectivity index (χ4n) is 3.08. The zero-order valence-electron chi connectivity index (χ0n) is 15.0. The number of sulfonamides is 1. The Hall–Kier alpha value is -2.18. The van der Waals surface area contributed by atoms with Gasteiger partial charge in [-0.1, -0.05) is 30.3 Å². The van der Waals surface area contributed by atoms with Crippen molar-refractivity contribution in [1.29, 1.82) is 0 Å². The maximum absolute atomic E-state index is 12.9. The lowest BCUT2D eigenvalue weighted by Crippen LogP contribution is -2.29. The van der Waals surface area contributed by atoms with Crippen molar-refractivity contribution in [2.24, 2.45) is 7.05 Å². The highest BCUT2D eigenvalue weighted by molar-refractivity contribution is 7.89. The number of benzene rings is 2. The molecular formula is C19H23N3O2S. The predicted molar refractivity (Wildman–Crippen MR) is 100 cm³/mol. The van der Waals surface area contributed by atoms with E-state index >= 15 is 0 Å². The van der Waals surface area contributed by atoms with Gasteiger partial charge in [-0.15, -0.1) is 0 Å². The first-order chi connectivity index (χ1) is 11.8. The molecule has 0 unspecified atom stereocenters. The van der Waals surface area contributed by atoms with E-state index in [0.717, 1.165) is 27.7 Å². The van der Waals surface area contributed by atoms with Crippen LogP contribution in [0.15, 0.2) is 47.4 Å². The summed E-state index contributed by atoms with van der Waals surface area (Å²) in [4.78, 5) is 0.327. The van der Waals surface area contributed by atoms with Crippen LogP contribution >= 0.6 is 0 Å². The van der Waals surface area contributed by atoms with Gasteiger partial charge in [0.1, 0.15) is 0 Å². The van der Waals surface area contributed by atoms with Crippen molar-refractivity contribution >= 4 is 20.8 Å². The summed E-state index contributed by atoms with van der Waals surface area (Å²) in [6, 6.07) is 13.0. The Bertz CT molecular complexity index is 1020. The van der Waals surface area contributed by atoms with Crippen molar-refractivity contribution in [2.75, 3.05) is 13.6 Å². The molecule has 2 aromatic carbocycles. The first-order valence-electron chi connectivity index (χ1n) is 8.25. The molecule has 0 saturated carbocycles. The van der Waals surface area contributed by atoms with Crippen molar-refractivity contribution in [3.05, 3.63) is 59.4 Å². The molecular weight excluding hydrogens is 334 g/mol. The van der Waals surface area contributed by atoms with Crippen LogP contribution < -0.4 is 0 Å². The van der Waals surface area contributed by atoms with Gasteiger partial charge >= 0.3 is 0 Å². The van der Waals surface area contributed by atoms with Gasteiger partial charge in [0.15, 0.2) is 0 Å². The molecule has 25 heavy (non-hydrogen) atoms. The number of rotatable bonds is 5. The van der Waals surface area contributed by atoms with Crippen LogP contribution in [0, 0.1) is 13.8 Å². The Balaban J connectivity index is 1.83. The van der Waals surface area contributed by atoms with E-state index in [1.165, 1.54) is 4.31 Å². The summed E-state index contributed by atoms with van der Waals surface area (Å²) in [5.41, 5.74) is 3.15. The molecule has 0 N–H and O–H groups in total. The molecule has 0 amide bonds. The van der Waals surface area contributed by atoms with Crippen molar-refractivity contribution < 1.29 is 8.42 Å². The highest BCUT2D eigenvalue weighted by Crippen LogP contribution is 2.22. The van der Waals surface area contributed by atoms with Crippen LogP contribution in [-0.2, 0) is 23.5 Å². The molecule has 1 aromatic heterocycles. The van der Waals surface area contributed by atoms with Crippen LogP contribution in [0.25, 0.3) is 10.8 Å². The normalized spacial score (nSPS) is 12.2. The molecule has 1 heterocycles. The Morgan fingerprint density at radius 2 is 1.76 bits per heavy atom. The minimum absolute atomic E-state index is 0.327. The number of likely N-dealkylation sites (N-methyl/N-ethyl adjacent to an activating group) is 1. The summed E-state index contributed by atoms with van der Waals surface area (Å²) < 4.78 is 29.0. The minimum Gasteiger partial charge on any atom is -0.272 e. The first-order valence-corrected chi connectivity index (χ1v) is 9.69. The maximum atomic E-state index is 12.9. The molecule has 0 atom stereocenters. The van der Waals surface area contributed by atoms with Crippen LogP contribution in [0.4, 0.5) is 0 Å². The third-order valence-electron chi connectivity index (χ3n) is 4.76. The Morgan fingerprint density at radius 1 is 1.08 bits per heavy atom. The molecule has 3 rings (SSSR count). The second-order valence-electron chi connectivity index (χ2n) is 6.36. The van der Waals surface area contributed by atoms with E-state index in [9.17, 15) is 8.42 Å². The number of aryl methyl sites for hydroxylation is 2. The van der Waals surface area contributed by atoms with Crippen molar-refractivity contribution in [2.45, 2.75) is 25.2 Å². The van der Waals surface area contributed by atoms with E-state index in [-0.39, 0.29) is 0 Å². The van der Waals surface area contributed by atoms with Crippen molar-refractivity contribution in [1.82, 2.24) is 14.1 Å². The molecule has 0 aliphatic rings. The quantitative estimate of drug-likeness (QED) is 0.705. The number of fused-ring (bicyclic) bond motifs is 1.